The maximum Gasteiger partial charge on any atom is 0.265 e. The van der Waals surface area contributed by atoms with Crippen molar-refractivity contribution in [2.75, 3.05) is 5.32 Å². The molecule has 1 aliphatic rings. The van der Waals surface area contributed by atoms with Crippen LogP contribution in [0.4, 0.5) is 5.69 Å². The number of hydrogen-bond acceptors (Lipinski definition) is 3. The third kappa shape index (κ3) is 4.79. The molecule has 1 amide bonds. The maximum absolute atomic E-state index is 12.7. The fourth-order valence-electron chi connectivity index (χ4n) is 3.25. The van der Waals surface area contributed by atoms with E-state index in [4.69, 9.17) is 9.16 Å². The van der Waals surface area contributed by atoms with Crippen molar-refractivity contribution in [2.24, 2.45) is 5.41 Å². The monoisotopic (exact) mass is 383 g/mol. The van der Waals surface area contributed by atoms with Gasteiger partial charge in [-0.25, -0.2) is 0 Å². The van der Waals surface area contributed by atoms with Crippen molar-refractivity contribution in [3.05, 3.63) is 48.5 Å². The molecule has 0 fully saturated rings. The molecule has 1 aliphatic heterocycles. The highest BCUT2D eigenvalue weighted by molar-refractivity contribution is 6.48. The van der Waals surface area contributed by atoms with Crippen molar-refractivity contribution in [3.8, 4) is 16.9 Å². The Bertz CT molecular complexity index is 799. The normalized spacial score (nSPS) is 17.9. The molecule has 2 unspecified atom stereocenters. The second kappa shape index (κ2) is 7.86. The van der Waals surface area contributed by atoms with E-state index in [0.29, 0.717) is 12.2 Å². The van der Waals surface area contributed by atoms with E-state index in [9.17, 15) is 4.79 Å². The van der Waals surface area contributed by atoms with Crippen LogP contribution in [0.25, 0.3) is 11.1 Å². The van der Waals surface area contributed by atoms with Crippen LogP contribution in [0.3, 0.4) is 0 Å². The fraction of sp³-hybridized carbons (Fsp3) is 0.409. The van der Waals surface area contributed by atoms with Crippen molar-refractivity contribution in [3.63, 3.8) is 0 Å². The van der Waals surface area contributed by atoms with E-state index in [2.05, 4.69) is 51.3 Å². The molecule has 4 nitrogen and oxygen atoms in total. The van der Waals surface area contributed by atoms with Gasteiger partial charge in [-0.15, -0.1) is 0 Å². The number of amides is 1. The summed E-state index contributed by atoms with van der Waals surface area (Å²) >= 11 is 0. The van der Waals surface area contributed by atoms with E-state index in [1.165, 1.54) is 0 Å². The first-order valence-electron chi connectivity index (χ1n) is 9.56. The van der Waals surface area contributed by atoms with Gasteiger partial charge >= 0.3 is 0 Å². The lowest BCUT2D eigenvalue weighted by Gasteiger charge is -2.36. The van der Waals surface area contributed by atoms with Gasteiger partial charge in [0, 0.05) is 6.42 Å². The standard InChI is InChI=1S/C22H29NO3Si/c1-22(2,3)20(26-27(4)5)14-19-21(24)23-17-13-16(11-12-18(17)25-19)15-9-7-6-8-10-15/h6-13,19-20,27H,14H2,1-5H3,(H,23,24). The molecule has 0 aliphatic carbocycles. The Morgan fingerprint density at radius 1 is 1.11 bits per heavy atom. The number of benzene rings is 2. The van der Waals surface area contributed by atoms with E-state index >= 15 is 0 Å². The van der Waals surface area contributed by atoms with Crippen molar-refractivity contribution in [2.45, 2.75) is 52.5 Å². The smallest absolute Gasteiger partial charge is 0.265 e. The lowest BCUT2D eigenvalue weighted by molar-refractivity contribution is -0.125. The first-order chi connectivity index (χ1) is 12.7. The number of anilines is 1. The molecule has 0 spiro atoms. The number of ether oxygens (including phenoxy) is 1. The average molecular weight is 384 g/mol. The zero-order valence-corrected chi connectivity index (χ0v) is 17.9. The van der Waals surface area contributed by atoms with Gasteiger partial charge in [-0.2, -0.15) is 0 Å². The molecule has 3 rings (SSSR count). The third-order valence-electron chi connectivity index (χ3n) is 4.74. The summed E-state index contributed by atoms with van der Waals surface area (Å²) in [4.78, 5) is 12.7. The van der Waals surface area contributed by atoms with Crippen LogP contribution in [0.15, 0.2) is 48.5 Å². The Labute approximate surface area is 163 Å². The lowest BCUT2D eigenvalue weighted by atomic mass is 9.85. The molecule has 2 aromatic rings. The van der Waals surface area contributed by atoms with Gasteiger partial charge in [0.2, 0.25) is 0 Å². The van der Waals surface area contributed by atoms with Gasteiger partial charge in [0.1, 0.15) is 5.75 Å². The minimum Gasteiger partial charge on any atom is -0.478 e. The van der Waals surface area contributed by atoms with Gasteiger partial charge < -0.3 is 14.5 Å². The molecule has 27 heavy (non-hydrogen) atoms. The topological polar surface area (TPSA) is 47.6 Å². The van der Waals surface area contributed by atoms with Gasteiger partial charge in [0.15, 0.2) is 15.1 Å². The highest BCUT2D eigenvalue weighted by atomic mass is 28.3. The molecule has 144 valence electrons. The molecule has 2 atom stereocenters. The summed E-state index contributed by atoms with van der Waals surface area (Å²) < 4.78 is 12.3. The molecule has 0 bridgehead atoms. The minimum absolute atomic E-state index is 0.00920. The number of nitrogens with one attached hydrogen (secondary N) is 1. The first kappa shape index (κ1) is 19.6. The van der Waals surface area contributed by atoms with Crippen molar-refractivity contribution in [1.82, 2.24) is 0 Å². The number of carbonyl (C=O) groups excluding carboxylic acids is 1. The van der Waals surface area contributed by atoms with E-state index in [-0.39, 0.29) is 17.4 Å². The quantitative estimate of drug-likeness (QED) is 0.750. The highest BCUT2D eigenvalue weighted by Gasteiger charge is 2.35. The fourth-order valence-corrected chi connectivity index (χ4v) is 4.43. The number of rotatable bonds is 5. The SMILES string of the molecule is C[SiH](C)OC(CC1Oc2ccc(-c3ccccc3)cc2NC1=O)C(C)(C)C. The summed E-state index contributed by atoms with van der Waals surface area (Å²) in [7, 11) is -1.22. The first-order valence-corrected chi connectivity index (χ1v) is 12.3. The summed E-state index contributed by atoms with van der Waals surface area (Å²) in [5.41, 5.74) is 2.85. The Kier molecular flexibility index (Phi) is 5.72. The van der Waals surface area contributed by atoms with Crippen LogP contribution in [0.2, 0.25) is 13.1 Å². The molecular formula is C22H29NO3Si. The van der Waals surface area contributed by atoms with Crippen molar-refractivity contribution < 1.29 is 14.0 Å². The van der Waals surface area contributed by atoms with Crippen LogP contribution >= 0.6 is 0 Å². The molecule has 0 saturated carbocycles. The van der Waals surface area contributed by atoms with Crippen LogP contribution in [-0.2, 0) is 9.22 Å². The maximum atomic E-state index is 12.7. The van der Waals surface area contributed by atoms with Crippen LogP contribution in [0, 0.1) is 5.41 Å². The van der Waals surface area contributed by atoms with Gasteiger partial charge in [-0.1, -0.05) is 57.2 Å². The summed E-state index contributed by atoms with van der Waals surface area (Å²) in [5, 5.41) is 3.02. The van der Waals surface area contributed by atoms with Crippen LogP contribution in [-0.4, -0.2) is 27.2 Å². The largest absolute Gasteiger partial charge is 0.478 e. The summed E-state index contributed by atoms with van der Waals surface area (Å²) in [6, 6.07) is 16.0. The van der Waals surface area contributed by atoms with Gasteiger partial charge in [0.05, 0.1) is 11.8 Å². The molecule has 5 heteroatoms. The number of carbonyl (C=O) groups is 1. The molecule has 0 radical (unpaired) electrons. The van der Waals surface area contributed by atoms with Crippen LogP contribution < -0.4 is 10.1 Å². The Morgan fingerprint density at radius 2 is 1.81 bits per heavy atom. The van der Waals surface area contributed by atoms with E-state index in [0.717, 1.165) is 16.8 Å². The van der Waals surface area contributed by atoms with Gasteiger partial charge in [0.25, 0.3) is 5.91 Å². The zero-order valence-electron chi connectivity index (χ0n) is 16.8. The summed E-state index contributed by atoms with van der Waals surface area (Å²) in [6.07, 6.45) is 0.0162. The Hall–Kier alpha value is -2.11. The van der Waals surface area contributed by atoms with Crippen molar-refractivity contribution in [1.29, 1.82) is 0 Å². The van der Waals surface area contributed by atoms with Crippen LogP contribution in [0.1, 0.15) is 27.2 Å². The predicted octanol–water partition coefficient (Wildman–Crippen LogP) is 4.86. The molecule has 0 aromatic heterocycles. The lowest BCUT2D eigenvalue weighted by Crippen LogP contribution is -2.44. The van der Waals surface area contributed by atoms with E-state index in [1.54, 1.807) is 0 Å². The second-order valence-corrected chi connectivity index (χ2v) is 10.8. The van der Waals surface area contributed by atoms with E-state index in [1.807, 2.05) is 36.4 Å². The van der Waals surface area contributed by atoms with Gasteiger partial charge in [-0.3, -0.25) is 4.79 Å². The average Bonchev–Trinajstić information content (AvgIpc) is 2.61. The second-order valence-electron chi connectivity index (χ2n) is 8.45. The number of fused-ring (bicyclic) bond motifs is 1. The zero-order chi connectivity index (χ0) is 19.6. The van der Waals surface area contributed by atoms with Crippen molar-refractivity contribution >= 4 is 20.6 Å². The van der Waals surface area contributed by atoms with Crippen LogP contribution in [0.5, 0.6) is 5.75 Å². The molecule has 0 saturated heterocycles. The number of hydrogen-bond donors (Lipinski definition) is 1. The summed E-state index contributed by atoms with van der Waals surface area (Å²) in [6.45, 7) is 10.8. The summed E-state index contributed by atoms with van der Waals surface area (Å²) in [5.74, 6) is 0.615. The Balaban J connectivity index is 1.79. The van der Waals surface area contributed by atoms with E-state index < -0.39 is 15.1 Å². The van der Waals surface area contributed by atoms with Gasteiger partial charge in [-0.05, 0) is 41.8 Å². The predicted molar refractivity (Wildman–Crippen MR) is 113 cm³/mol. The third-order valence-corrected chi connectivity index (χ3v) is 5.61. The molecule has 1 N–H and O–H groups in total. The molecule has 2 aromatic carbocycles. The Morgan fingerprint density at radius 3 is 2.44 bits per heavy atom. The minimum atomic E-state index is -1.22. The highest BCUT2D eigenvalue weighted by Crippen LogP contribution is 2.36. The molecule has 1 heterocycles. The molecular weight excluding hydrogens is 354 g/mol.